The molecule has 0 unspecified atom stereocenters. The van der Waals surface area contributed by atoms with Crippen molar-refractivity contribution in [3.8, 4) is 0 Å². The molecule has 0 saturated carbocycles. The van der Waals surface area contributed by atoms with Gasteiger partial charge in [-0.1, -0.05) is 36.4 Å². The lowest BCUT2D eigenvalue weighted by Crippen LogP contribution is -2.38. The summed E-state index contributed by atoms with van der Waals surface area (Å²) in [6.45, 7) is 1.50. The quantitative estimate of drug-likeness (QED) is 0.325. The van der Waals surface area contributed by atoms with E-state index < -0.39 is 11.7 Å². The molecule has 3 aromatic carbocycles. The Morgan fingerprint density at radius 2 is 1.67 bits per heavy atom. The van der Waals surface area contributed by atoms with Crippen molar-refractivity contribution in [1.82, 2.24) is 9.88 Å². The van der Waals surface area contributed by atoms with E-state index in [-0.39, 0.29) is 11.4 Å². The molecule has 0 aliphatic carbocycles. The number of likely N-dealkylation sites (tertiary alicyclic amines) is 1. The minimum absolute atomic E-state index is 0.0220. The van der Waals surface area contributed by atoms with Gasteiger partial charge in [0.05, 0.1) is 11.1 Å². The number of anilines is 2. The van der Waals surface area contributed by atoms with Crippen molar-refractivity contribution < 1.29 is 18.0 Å². The Hall–Kier alpha value is -3.87. The summed E-state index contributed by atoms with van der Waals surface area (Å²) in [5.41, 5.74) is 2.88. The highest BCUT2D eigenvalue weighted by molar-refractivity contribution is 5.96. The van der Waals surface area contributed by atoms with E-state index in [9.17, 15) is 18.0 Å². The van der Waals surface area contributed by atoms with Gasteiger partial charge in [-0.15, -0.1) is 0 Å². The maximum absolute atomic E-state index is 13.0. The topological polar surface area (TPSA) is 45.2 Å². The smallest absolute Gasteiger partial charge is 0.355 e. The number of rotatable bonds is 5. The molecule has 0 bridgehead atoms. The molecule has 1 aromatic heterocycles. The number of carbonyl (C=O) groups excluding carboxylic acids is 1. The van der Waals surface area contributed by atoms with Gasteiger partial charge in [-0.3, -0.25) is 9.78 Å². The van der Waals surface area contributed by atoms with Crippen LogP contribution >= 0.6 is 0 Å². The largest absolute Gasteiger partial charge is 0.416 e. The van der Waals surface area contributed by atoms with Crippen molar-refractivity contribution in [1.29, 1.82) is 0 Å². The number of amides is 1. The van der Waals surface area contributed by atoms with Gasteiger partial charge in [0.1, 0.15) is 0 Å². The standard InChI is InChI=1S/C29H26F3N3O/c30-29(31,32)23-8-11-25-26(12-15-33-27(25)19-23)34-24-9-6-22(7-10-24)28(36)35-16-13-21(14-17-35)18-20-4-2-1-3-5-20/h1-12,15,19,21H,13-14,16-18H2,(H,33,34). The van der Waals surface area contributed by atoms with E-state index in [2.05, 4.69) is 34.6 Å². The van der Waals surface area contributed by atoms with Crippen LogP contribution in [0.4, 0.5) is 24.5 Å². The summed E-state index contributed by atoms with van der Waals surface area (Å²) in [5, 5.41) is 3.82. The Kier molecular flexibility index (Phi) is 6.63. The number of pyridine rings is 1. The molecule has 1 aliphatic rings. The highest BCUT2D eigenvalue weighted by atomic mass is 19.4. The fraction of sp³-hybridized carbons (Fsp3) is 0.241. The molecule has 1 fully saturated rings. The number of hydrogen-bond donors (Lipinski definition) is 1. The summed E-state index contributed by atoms with van der Waals surface area (Å²) < 4.78 is 39.1. The number of nitrogens with one attached hydrogen (secondary N) is 1. The number of alkyl halides is 3. The van der Waals surface area contributed by atoms with Crippen molar-refractivity contribution in [3.05, 3.63) is 102 Å². The third kappa shape index (κ3) is 5.35. The molecule has 0 atom stereocenters. The van der Waals surface area contributed by atoms with Crippen LogP contribution in [0.2, 0.25) is 0 Å². The number of aromatic nitrogens is 1. The summed E-state index contributed by atoms with van der Waals surface area (Å²) in [7, 11) is 0. The highest BCUT2D eigenvalue weighted by Gasteiger charge is 2.30. The zero-order valence-electron chi connectivity index (χ0n) is 19.6. The van der Waals surface area contributed by atoms with Crippen molar-refractivity contribution in [2.45, 2.75) is 25.4 Å². The van der Waals surface area contributed by atoms with E-state index in [1.165, 1.54) is 17.8 Å². The van der Waals surface area contributed by atoms with Crippen molar-refractivity contribution in [2.75, 3.05) is 18.4 Å². The molecule has 5 rings (SSSR count). The fourth-order valence-corrected chi connectivity index (χ4v) is 4.76. The average molecular weight is 490 g/mol. The van der Waals surface area contributed by atoms with Crippen LogP contribution < -0.4 is 5.32 Å². The molecule has 1 saturated heterocycles. The second-order valence-electron chi connectivity index (χ2n) is 9.22. The van der Waals surface area contributed by atoms with Gasteiger partial charge in [0.25, 0.3) is 5.91 Å². The maximum atomic E-state index is 13.0. The van der Waals surface area contributed by atoms with Gasteiger partial charge in [0.2, 0.25) is 0 Å². The van der Waals surface area contributed by atoms with Gasteiger partial charge >= 0.3 is 6.18 Å². The Morgan fingerprint density at radius 1 is 0.944 bits per heavy atom. The zero-order valence-corrected chi connectivity index (χ0v) is 19.6. The molecule has 1 amide bonds. The summed E-state index contributed by atoms with van der Waals surface area (Å²) >= 11 is 0. The van der Waals surface area contributed by atoms with E-state index in [0.29, 0.717) is 22.6 Å². The van der Waals surface area contributed by atoms with Gasteiger partial charge in [-0.05, 0) is 73.2 Å². The first-order chi connectivity index (χ1) is 17.4. The molecule has 36 heavy (non-hydrogen) atoms. The lowest BCUT2D eigenvalue weighted by Gasteiger charge is -2.32. The monoisotopic (exact) mass is 489 g/mol. The number of fused-ring (bicyclic) bond motifs is 1. The number of benzene rings is 3. The molecule has 4 aromatic rings. The van der Waals surface area contributed by atoms with Gasteiger partial charge in [-0.25, -0.2) is 0 Å². The second-order valence-corrected chi connectivity index (χ2v) is 9.22. The van der Waals surface area contributed by atoms with Gasteiger partial charge in [0.15, 0.2) is 0 Å². The van der Waals surface area contributed by atoms with Crippen LogP contribution in [-0.2, 0) is 12.6 Å². The molecule has 1 N–H and O–H groups in total. The summed E-state index contributed by atoms with van der Waals surface area (Å²) in [4.78, 5) is 19.0. The molecular formula is C29H26F3N3O. The number of piperidine rings is 1. The Bertz CT molecular complexity index is 1350. The van der Waals surface area contributed by atoms with E-state index in [4.69, 9.17) is 0 Å². The summed E-state index contributed by atoms with van der Waals surface area (Å²) in [6.07, 6.45) is 0.0876. The van der Waals surface area contributed by atoms with Crippen LogP contribution in [0.15, 0.2) is 85.1 Å². The van der Waals surface area contributed by atoms with Crippen LogP contribution in [0.3, 0.4) is 0 Å². The predicted octanol–water partition coefficient (Wildman–Crippen LogP) is 7.09. The second kappa shape index (κ2) is 10.0. The average Bonchev–Trinajstić information content (AvgIpc) is 2.89. The molecule has 2 heterocycles. The molecule has 1 aliphatic heterocycles. The summed E-state index contributed by atoms with van der Waals surface area (Å²) in [5.74, 6) is 0.610. The van der Waals surface area contributed by atoms with E-state index in [1.54, 1.807) is 18.2 Å². The third-order valence-corrected chi connectivity index (χ3v) is 6.75. The molecule has 4 nitrogen and oxygen atoms in total. The van der Waals surface area contributed by atoms with E-state index >= 15 is 0 Å². The lowest BCUT2D eigenvalue weighted by molar-refractivity contribution is -0.137. The first kappa shape index (κ1) is 23.9. The van der Waals surface area contributed by atoms with Crippen LogP contribution in [0, 0.1) is 5.92 Å². The first-order valence-corrected chi connectivity index (χ1v) is 12.0. The lowest BCUT2D eigenvalue weighted by atomic mass is 9.90. The Balaban J connectivity index is 1.22. The third-order valence-electron chi connectivity index (χ3n) is 6.75. The number of carbonyl (C=O) groups is 1. The molecule has 0 radical (unpaired) electrons. The number of nitrogens with zero attached hydrogens (tertiary/aromatic N) is 2. The first-order valence-electron chi connectivity index (χ1n) is 12.0. The van der Waals surface area contributed by atoms with Crippen molar-refractivity contribution in [2.24, 2.45) is 5.92 Å². The number of hydrogen-bond acceptors (Lipinski definition) is 3. The van der Waals surface area contributed by atoms with Gasteiger partial charge in [-0.2, -0.15) is 13.2 Å². The fourth-order valence-electron chi connectivity index (χ4n) is 4.76. The van der Waals surface area contributed by atoms with Crippen molar-refractivity contribution in [3.63, 3.8) is 0 Å². The SMILES string of the molecule is O=C(c1ccc(Nc2ccnc3cc(C(F)(F)F)ccc23)cc1)N1CCC(Cc2ccccc2)CC1. The predicted molar refractivity (Wildman–Crippen MR) is 135 cm³/mol. The van der Waals surface area contributed by atoms with Gasteiger partial charge in [0, 0.05) is 41.6 Å². The van der Waals surface area contributed by atoms with Crippen LogP contribution in [0.25, 0.3) is 10.9 Å². The minimum Gasteiger partial charge on any atom is -0.355 e. The van der Waals surface area contributed by atoms with Crippen LogP contribution in [-0.4, -0.2) is 28.9 Å². The maximum Gasteiger partial charge on any atom is 0.416 e. The van der Waals surface area contributed by atoms with Gasteiger partial charge < -0.3 is 10.2 Å². The molecular weight excluding hydrogens is 463 g/mol. The Labute approximate surface area is 207 Å². The van der Waals surface area contributed by atoms with Crippen LogP contribution in [0.1, 0.15) is 34.3 Å². The van der Waals surface area contributed by atoms with E-state index in [1.807, 2.05) is 23.1 Å². The molecule has 0 spiro atoms. The minimum atomic E-state index is -4.42. The van der Waals surface area contributed by atoms with Crippen LogP contribution in [0.5, 0.6) is 0 Å². The highest BCUT2D eigenvalue weighted by Crippen LogP contribution is 2.33. The summed E-state index contributed by atoms with van der Waals surface area (Å²) in [6, 6.07) is 22.9. The number of halogens is 3. The zero-order chi connectivity index (χ0) is 25.1. The normalized spacial score (nSPS) is 14.7. The Morgan fingerprint density at radius 3 is 2.36 bits per heavy atom. The van der Waals surface area contributed by atoms with E-state index in [0.717, 1.165) is 50.2 Å². The molecule has 7 heteroatoms. The molecule has 184 valence electrons. The van der Waals surface area contributed by atoms with Crippen molar-refractivity contribution >= 4 is 28.2 Å².